The monoisotopic (exact) mass is 431 g/mol. The summed E-state index contributed by atoms with van der Waals surface area (Å²) in [5.41, 5.74) is 1.86. The smallest absolute Gasteiger partial charge is 0.163 e. The lowest BCUT2D eigenvalue weighted by Gasteiger charge is -2.10. The number of fused-ring (bicyclic) bond motifs is 1. The van der Waals surface area contributed by atoms with Gasteiger partial charge in [-0.25, -0.2) is 4.98 Å². The maximum Gasteiger partial charge on any atom is 0.163 e. The van der Waals surface area contributed by atoms with Crippen LogP contribution < -0.4 is 4.74 Å². The third-order valence-electron chi connectivity index (χ3n) is 3.79. The Kier molecular flexibility index (Phi) is 5.37. The van der Waals surface area contributed by atoms with Gasteiger partial charge in [0.2, 0.25) is 0 Å². The van der Waals surface area contributed by atoms with E-state index in [0.717, 1.165) is 20.8 Å². The molecule has 27 heavy (non-hydrogen) atoms. The Hall–Kier alpha value is -2.04. The first kappa shape index (κ1) is 18.3. The van der Waals surface area contributed by atoms with Gasteiger partial charge in [0.1, 0.15) is 5.75 Å². The summed E-state index contributed by atoms with van der Waals surface area (Å²) in [6, 6.07) is 20.6. The Labute approximate surface area is 175 Å². The topological polar surface area (TPSA) is 22.1 Å². The van der Waals surface area contributed by atoms with Crippen molar-refractivity contribution in [3.05, 3.63) is 92.4 Å². The quantitative estimate of drug-likeness (QED) is 0.306. The van der Waals surface area contributed by atoms with Crippen molar-refractivity contribution >= 4 is 68.2 Å². The van der Waals surface area contributed by atoms with Crippen molar-refractivity contribution in [2.45, 2.75) is 0 Å². The number of aromatic nitrogens is 1. The van der Waals surface area contributed by atoms with E-state index in [1.165, 1.54) is 0 Å². The number of hydrogen-bond donors (Lipinski definition) is 0. The molecule has 4 rings (SSSR count). The molecular formula is C21H12Cl3NOS. The van der Waals surface area contributed by atoms with Gasteiger partial charge in [0.05, 0.1) is 15.2 Å². The van der Waals surface area contributed by atoms with Gasteiger partial charge in [-0.2, -0.15) is 0 Å². The second-order valence-electron chi connectivity index (χ2n) is 5.72. The lowest BCUT2D eigenvalue weighted by atomic mass is 10.2. The Morgan fingerprint density at radius 3 is 2.37 bits per heavy atom. The van der Waals surface area contributed by atoms with Crippen molar-refractivity contribution in [2.75, 3.05) is 0 Å². The molecule has 0 bridgehead atoms. The molecule has 4 aromatic rings. The maximum absolute atomic E-state index is 6.29. The summed E-state index contributed by atoms with van der Waals surface area (Å²) < 4.78 is 7.22. The first-order chi connectivity index (χ1) is 13.1. The zero-order chi connectivity index (χ0) is 18.8. The SMILES string of the molecule is Clc1ccc(/C=C(\Oc2ccc(Cl)cc2Cl)c2nc3ccccc3s2)cc1. The van der Waals surface area contributed by atoms with Gasteiger partial charge in [-0.1, -0.05) is 59.1 Å². The van der Waals surface area contributed by atoms with Crippen LogP contribution in [0, 0.1) is 0 Å². The maximum atomic E-state index is 6.29. The predicted octanol–water partition coefficient (Wildman–Crippen LogP) is 7.83. The van der Waals surface area contributed by atoms with Crippen LogP contribution >= 0.6 is 46.1 Å². The van der Waals surface area contributed by atoms with Crippen molar-refractivity contribution in [3.63, 3.8) is 0 Å². The summed E-state index contributed by atoms with van der Waals surface area (Å²) in [6.45, 7) is 0. The molecule has 0 fully saturated rings. The van der Waals surface area contributed by atoms with Gasteiger partial charge in [-0.15, -0.1) is 11.3 Å². The average Bonchev–Trinajstić information content (AvgIpc) is 3.09. The highest BCUT2D eigenvalue weighted by Crippen LogP contribution is 2.34. The van der Waals surface area contributed by atoms with E-state index in [9.17, 15) is 0 Å². The van der Waals surface area contributed by atoms with E-state index >= 15 is 0 Å². The Morgan fingerprint density at radius 1 is 0.889 bits per heavy atom. The van der Waals surface area contributed by atoms with Crippen LogP contribution in [0.3, 0.4) is 0 Å². The van der Waals surface area contributed by atoms with Crippen molar-refractivity contribution < 1.29 is 4.74 Å². The Morgan fingerprint density at radius 2 is 1.63 bits per heavy atom. The molecule has 0 radical (unpaired) electrons. The highest BCUT2D eigenvalue weighted by Gasteiger charge is 2.13. The van der Waals surface area contributed by atoms with E-state index in [2.05, 4.69) is 0 Å². The molecule has 3 aromatic carbocycles. The lowest BCUT2D eigenvalue weighted by Crippen LogP contribution is -1.95. The molecule has 2 nitrogen and oxygen atoms in total. The third kappa shape index (κ3) is 4.28. The molecule has 0 unspecified atom stereocenters. The van der Waals surface area contributed by atoms with Crippen LogP contribution in [0.5, 0.6) is 5.75 Å². The van der Waals surface area contributed by atoms with Crippen molar-refractivity contribution in [2.24, 2.45) is 0 Å². The first-order valence-corrected chi connectivity index (χ1v) is 10.00. The highest BCUT2D eigenvalue weighted by molar-refractivity contribution is 7.19. The normalized spacial score (nSPS) is 11.7. The van der Waals surface area contributed by atoms with Gasteiger partial charge in [-0.05, 0) is 54.1 Å². The number of rotatable bonds is 4. The number of halogens is 3. The van der Waals surface area contributed by atoms with E-state index in [1.807, 2.05) is 54.6 Å². The van der Waals surface area contributed by atoms with Crippen LogP contribution in [0.15, 0.2) is 66.7 Å². The van der Waals surface area contributed by atoms with Gasteiger partial charge < -0.3 is 4.74 Å². The number of nitrogens with zero attached hydrogens (tertiary/aromatic N) is 1. The molecular weight excluding hydrogens is 421 g/mol. The number of ether oxygens (including phenoxy) is 1. The summed E-state index contributed by atoms with van der Waals surface area (Å²) in [4.78, 5) is 4.70. The van der Waals surface area contributed by atoms with Gasteiger partial charge in [0.25, 0.3) is 0 Å². The molecule has 0 N–H and O–H groups in total. The van der Waals surface area contributed by atoms with E-state index in [4.69, 9.17) is 44.5 Å². The largest absolute Gasteiger partial charge is 0.453 e. The minimum atomic E-state index is 0.436. The fourth-order valence-electron chi connectivity index (χ4n) is 2.50. The van der Waals surface area contributed by atoms with Gasteiger partial charge in [0, 0.05) is 10.0 Å². The third-order valence-corrected chi connectivity index (χ3v) is 5.62. The second kappa shape index (κ2) is 7.91. The Balaban J connectivity index is 1.79. The minimum absolute atomic E-state index is 0.436. The molecule has 0 saturated carbocycles. The number of benzene rings is 3. The lowest BCUT2D eigenvalue weighted by molar-refractivity contribution is 0.518. The average molecular weight is 433 g/mol. The molecule has 134 valence electrons. The standard InChI is InChI=1S/C21H12Cl3NOS/c22-14-7-5-13(6-8-14)11-19(26-18-10-9-15(23)12-16(18)24)21-25-17-3-1-2-4-20(17)27-21/h1-12H/b19-11-. The summed E-state index contributed by atoms with van der Waals surface area (Å²) >= 11 is 19.8. The number of thiazole rings is 1. The van der Waals surface area contributed by atoms with Crippen LogP contribution in [0.1, 0.15) is 10.6 Å². The van der Waals surface area contributed by atoms with Gasteiger partial charge >= 0.3 is 0 Å². The highest BCUT2D eigenvalue weighted by atomic mass is 35.5. The van der Waals surface area contributed by atoms with E-state index in [0.29, 0.717) is 26.6 Å². The zero-order valence-electron chi connectivity index (χ0n) is 13.8. The van der Waals surface area contributed by atoms with Crippen molar-refractivity contribution in [1.82, 2.24) is 4.98 Å². The summed E-state index contributed by atoms with van der Waals surface area (Å²) in [5.74, 6) is 1.11. The molecule has 0 atom stereocenters. The molecule has 0 amide bonds. The van der Waals surface area contributed by atoms with Crippen LogP contribution in [-0.2, 0) is 0 Å². The molecule has 0 aliphatic heterocycles. The predicted molar refractivity (Wildman–Crippen MR) is 116 cm³/mol. The molecule has 1 aromatic heterocycles. The molecule has 0 aliphatic rings. The summed E-state index contributed by atoms with van der Waals surface area (Å²) in [5, 5.41) is 2.42. The van der Waals surface area contributed by atoms with Crippen LogP contribution in [0.4, 0.5) is 0 Å². The number of para-hydroxylation sites is 1. The van der Waals surface area contributed by atoms with Crippen LogP contribution in [-0.4, -0.2) is 4.98 Å². The Bertz CT molecular complexity index is 1100. The van der Waals surface area contributed by atoms with Crippen molar-refractivity contribution in [3.8, 4) is 5.75 Å². The molecule has 0 spiro atoms. The molecule has 1 heterocycles. The van der Waals surface area contributed by atoms with Crippen LogP contribution in [0.25, 0.3) is 22.1 Å². The van der Waals surface area contributed by atoms with E-state index < -0.39 is 0 Å². The van der Waals surface area contributed by atoms with Crippen LogP contribution in [0.2, 0.25) is 15.1 Å². The minimum Gasteiger partial charge on any atom is -0.453 e. The van der Waals surface area contributed by atoms with E-state index in [1.54, 1.807) is 29.5 Å². The molecule has 0 aliphatic carbocycles. The summed E-state index contributed by atoms with van der Waals surface area (Å²) in [6.07, 6.45) is 1.92. The fourth-order valence-corrected chi connectivity index (χ4v) is 3.99. The first-order valence-electron chi connectivity index (χ1n) is 8.04. The second-order valence-corrected chi connectivity index (χ2v) is 8.03. The van der Waals surface area contributed by atoms with Gasteiger partial charge in [-0.3, -0.25) is 0 Å². The molecule has 0 saturated heterocycles. The van der Waals surface area contributed by atoms with E-state index in [-0.39, 0.29) is 0 Å². The molecule has 6 heteroatoms. The number of hydrogen-bond acceptors (Lipinski definition) is 3. The van der Waals surface area contributed by atoms with Crippen molar-refractivity contribution in [1.29, 1.82) is 0 Å². The zero-order valence-corrected chi connectivity index (χ0v) is 16.9. The van der Waals surface area contributed by atoms with Gasteiger partial charge in [0.15, 0.2) is 10.8 Å². The fraction of sp³-hybridized carbons (Fsp3) is 0. The summed E-state index contributed by atoms with van der Waals surface area (Å²) in [7, 11) is 0.